The lowest BCUT2D eigenvalue weighted by Gasteiger charge is -2.29. The summed E-state index contributed by atoms with van der Waals surface area (Å²) in [5.41, 5.74) is 8.52. The lowest BCUT2D eigenvalue weighted by atomic mass is 10.00. The monoisotopic (exact) mass is 430 g/mol. The van der Waals surface area contributed by atoms with E-state index in [1.54, 1.807) is 0 Å². The van der Waals surface area contributed by atoms with Crippen LogP contribution in [0.1, 0.15) is 11.1 Å². The zero-order chi connectivity index (χ0) is 15.4. The number of ether oxygens (including phenoxy) is 1. The molecule has 0 unspecified atom stereocenters. The molecule has 0 aliphatic carbocycles. The first-order chi connectivity index (χ1) is 10.7. The lowest BCUT2D eigenvalue weighted by molar-refractivity contribution is -0.130. The quantitative estimate of drug-likeness (QED) is 0.429. The Morgan fingerprint density at radius 3 is 2.57 bits per heavy atom. The molecule has 0 atom stereocenters. The predicted molar refractivity (Wildman–Crippen MR) is 99.9 cm³/mol. The van der Waals surface area contributed by atoms with Gasteiger partial charge in [-0.2, -0.15) is 0 Å². The number of halogens is 1. The second-order valence-electron chi connectivity index (χ2n) is 5.61. The number of nitrogens with two attached hydrogens (primary N) is 1. The van der Waals surface area contributed by atoms with Gasteiger partial charge in [0, 0.05) is 26.2 Å². The Morgan fingerprint density at radius 2 is 1.83 bits per heavy atom. The summed E-state index contributed by atoms with van der Waals surface area (Å²) in [6.45, 7) is 4.33. The summed E-state index contributed by atoms with van der Waals surface area (Å²) in [5, 5.41) is 0. The van der Waals surface area contributed by atoms with E-state index in [9.17, 15) is 4.79 Å². The molecule has 1 amide bonds. The Balaban J connectivity index is 0.00000192. The number of hydrogen-bond acceptors (Lipinski definition) is 3. The molecule has 1 aromatic carbocycles. The van der Waals surface area contributed by atoms with Crippen molar-refractivity contribution in [3.63, 3.8) is 0 Å². The Bertz CT molecular complexity index is 573. The third-order valence-electron chi connectivity index (χ3n) is 4.19. The molecule has 6 nitrogen and oxygen atoms in total. The Labute approximate surface area is 153 Å². The van der Waals surface area contributed by atoms with Crippen LogP contribution >= 0.6 is 24.0 Å². The van der Waals surface area contributed by atoms with Crippen LogP contribution in [-0.2, 0) is 22.5 Å². The summed E-state index contributed by atoms with van der Waals surface area (Å²) >= 11 is 0. The van der Waals surface area contributed by atoms with Crippen molar-refractivity contribution < 1.29 is 9.53 Å². The molecule has 0 saturated carbocycles. The second-order valence-corrected chi connectivity index (χ2v) is 5.61. The number of rotatable bonds is 2. The van der Waals surface area contributed by atoms with Crippen LogP contribution in [0.25, 0.3) is 0 Å². The third-order valence-corrected chi connectivity index (χ3v) is 4.19. The van der Waals surface area contributed by atoms with Gasteiger partial charge >= 0.3 is 0 Å². The van der Waals surface area contributed by atoms with Gasteiger partial charge in [0.2, 0.25) is 5.91 Å². The average Bonchev–Trinajstić information content (AvgIpc) is 2.59. The van der Waals surface area contributed by atoms with Crippen molar-refractivity contribution in [2.45, 2.75) is 13.0 Å². The van der Waals surface area contributed by atoms with E-state index in [0.29, 0.717) is 25.7 Å². The average molecular weight is 430 g/mol. The van der Waals surface area contributed by atoms with E-state index in [0.717, 1.165) is 26.1 Å². The summed E-state index contributed by atoms with van der Waals surface area (Å²) in [6, 6.07) is 8.27. The standard InChI is InChI=1S/C16H22N4O2.HI/c17-16(19-7-9-22-10-8-19)18-11-15(21)20-6-5-13-3-1-2-4-14(13)12-20;/h1-4H,5-12H2,(H2,17,18);1H. The highest BCUT2D eigenvalue weighted by atomic mass is 127. The van der Waals surface area contributed by atoms with Crippen LogP contribution in [0, 0.1) is 0 Å². The number of carbonyl (C=O) groups excluding carboxylic acids is 1. The van der Waals surface area contributed by atoms with Gasteiger partial charge in [-0.1, -0.05) is 24.3 Å². The molecule has 2 aliphatic rings. The summed E-state index contributed by atoms with van der Waals surface area (Å²) < 4.78 is 5.28. The molecule has 2 N–H and O–H groups in total. The van der Waals surface area contributed by atoms with Crippen molar-refractivity contribution in [1.82, 2.24) is 9.80 Å². The van der Waals surface area contributed by atoms with Gasteiger partial charge in [0.1, 0.15) is 6.54 Å². The molecule has 0 radical (unpaired) electrons. The molecule has 2 aliphatic heterocycles. The molecule has 0 bridgehead atoms. The normalized spacial score (nSPS) is 18.2. The Kier molecular flexibility index (Phi) is 6.64. The SMILES string of the molecule is I.NC(=NCC(=O)N1CCc2ccccc2C1)N1CCOCC1. The number of aliphatic imine (C=N–C) groups is 1. The molecular weight excluding hydrogens is 407 g/mol. The molecule has 2 heterocycles. The maximum Gasteiger partial charge on any atom is 0.244 e. The van der Waals surface area contributed by atoms with Crippen LogP contribution in [0.15, 0.2) is 29.3 Å². The van der Waals surface area contributed by atoms with Crippen molar-refractivity contribution in [2.75, 3.05) is 39.4 Å². The van der Waals surface area contributed by atoms with Gasteiger partial charge in [0.05, 0.1) is 13.2 Å². The number of benzene rings is 1. The summed E-state index contributed by atoms with van der Waals surface area (Å²) in [7, 11) is 0. The van der Waals surface area contributed by atoms with E-state index in [4.69, 9.17) is 10.5 Å². The topological polar surface area (TPSA) is 71.2 Å². The minimum absolute atomic E-state index is 0. The molecule has 1 fully saturated rings. The first-order valence-corrected chi connectivity index (χ1v) is 7.71. The minimum Gasteiger partial charge on any atom is -0.378 e. The Morgan fingerprint density at radius 1 is 1.13 bits per heavy atom. The third kappa shape index (κ3) is 4.57. The van der Waals surface area contributed by atoms with Crippen molar-refractivity contribution >= 4 is 35.8 Å². The zero-order valence-corrected chi connectivity index (χ0v) is 15.4. The molecule has 3 rings (SSSR count). The summed E-state index contributed by atoms with van der Waals surface area (Å²) in [5.74, 6) is 0.472. The van der Waals surface area contributed by atoms with Crippen LogP contribution in [-0.4, -0.2) is 61.1 Å². The zero-order valence-electron chi connectivity index (χ0n) is 13.1. The number of carbonyl (C=O) groups is 1. The van der Waals surface area contributed by atoms with Crippen molar-refractivity contribution in [1.29, 1.82) is 0 Å². The fourth-order valence-electron chi connectivity index (χ4n) is 2.85. The van der Waals surface area contributed by atoms with Gasteiger partial charge in [0.15, 0.2) is 5.96 Å². The number of morpholine rings is 1. The van der Waals surface area contributed by atoms with Gasteiger partial charge < -0.3 is 20.3 Å². The maximum atomic E-state index is 12.3. The summed E-state index contributed by atoms with van der Waals surface area (Å²) in [6.07, 6.45) is 0.907. The molecule has 1 aromatic rings. The fourth-order valence-corrected chi connectivity index (χ4v) is 2.85. The first-order valence-electron chi connectivity index (χ1n) is 7.71. The lowest BCUT2D eigenvalue weighted by Crippen LogP contribution is -2.45. The number of guanidine groups is 1. The van der Waals surface area contributed by atoms with E-state index in [-0.39, 0.29) is 36.4 Å². The highest BCUT2D eigenvalue weighted by Crippen LogP contribution is 2.18. The Hall–Kier alpha value is -1.35. The van der Waals surface area contributed by atoms with E-state index in [2.05, 4.69) is 17.1 Å². The van der Waals surface area contributed by atoms with Gasteiger partial charge in [0.25, 0.3) is 0 Å². The van der Waals surface area contributed by atoms with E-state index in [1.165, 1.54) is 11.1 Å². The van der Waals surface area contributed by atoms with Gasteiger partial charge in [-0.05, 0) is 17.5 Å². The van der Waals surface area contributed by atoms with Gasteiger partial charge in [-0.25, -0.2) is 4.99 Å². The van der Waals surface area contributed by atoms with Crippen molar-refractivity contribution in [3.8, 4) is 0 Å². The first kappa shape index (κ1) is 18.0. The molecule has 23 heavy (non-hydrogen) atoms. The van der Waals surface area contributed by atoms with Crippen LogP contribution in [0.5, 0.6) is 0 Å². The van der Waals surface area contributed by atoms with E-state index in [1.807, 2.05) is 21.9 Å². The number of nitrogens with zero attached hydrogens (tertiary/aromatic N) is 3. The van der Waals surface area contributed by atoms with Crippen LogP contribution in [0.4, 0.5) is 0 Å². The van der Waals surface area contributed by atoms with E-state index < -0.39 is 0 Å². The van der Waals surface area contributed by atoms with Crippen LogP contribution in [0.2, 0.25) is 0 Å². The molecular formula is C16H23IN4O2. The minimum atomic E-state index is 0. The maximum absolute atomic E-state index is 12.3. The molecule has 7 heteroatoms. The number of amides is 1. The highest BCUT2D eigenvalue weighted by molar-refractivity contribution is 14.0. The van der Waals surface area contributed by atoms with Crippen molar-refractivity contribution in [2.24, 2.45) is 10.7 Å². The van der Waals surface area contributed by atoms with E-state index >= 15 is 0 Å². The molecule has 1 saturated heterocycles. The molecule has 126 valence electrons. The predicted octanol–water partition coefficient (Wildman–Crippen LogP) is 0.836. The molecule has 0 aromatic heterocycles. The van der Waals surface area contributed by atoms with Gasteiger partial charge in [-0.15, -0.1) is 24.0 Å². The van der Waals surface area contributed by atoms with Crippen LogP contribution < -0.4 is 5.73 Å². The second kappa shape index (κ2) is 8.49. The highest BCUT2D eigenvalue weighted by Gasteiger charge is 2.20. The number of hydrogen-bond donors (Lipinski definition) is 1. The largest absolute Gasteiger partial charge is 0.378 e. The van der Waals surface area contributed by atoms with Crippen LogP contribution in [0.3, 0.4) is 0 Å². The smallest absolute Gasteiger partial charge is 0.244 e. The van der Waals surface area contributed by atoms with Gasteiger partial charge in [-0.3, -0.25) is 4.79 Å². The number of fused-ring (bicyclic) bond motifs is 1. The summed E-state index contributed by atoms with van der Waals surface area (Å²) in [4.78, 5) is 20.4. The fraction of sp³-hybridized carbons (Fsp3) is 0.500. The van der Waals surface area contributed by atoms with Crippen molar-refractivity contribution in [3.05, 3.63) is 35.4 Å². The molecule has 0 spiro atoms.